The molecule has 0 bridgehead atoms. The van der Waals surface area contributed by atoms with Crippen LogP contribution in [0.15, 0.2) is 28.7 Å². The largest absolute Gasteiger partial charge is 0.304 e. The lowest BCUT2D eigenvalue weighted by Crippen LogP contribution is -2.28. The molecule has 0 saturated carbocycles. The third-order valence-corrected chi connectivity index (χ3v) is 3.08. The molecule has 0 saturated heterocycles. The summed E-state index contributed by atoms with van der Waals surface area (Å²) >= 11 is 3.44. The van der Waals surface area contributed by atoms with E-state index in [0.717, 1.165) is 17.4 Å². The molecular weight excluding hydrogens is 238 g/mol. The van der Waals surface area contributed by atoms with Crippen LogP contribution in [0, 0.1) is 0 Å². The number of benzene rings is 1. The van der Waals surface area contributed by atoms with E-state index in [9.17, 15) is 0 Å². The van der Waals surface area contributed by atoms with Gasteiger partial charge >= 0.3 is 0 Å². The summed E-state index contributed by atoms with van der Waals surface area (Å²) < 4.78 is 1.15. The Morgan fingerprint density at radius 1 is 1.21 bits per heavy atom. The first kappa shape index (κ1) is 11.7. The van der Waals surface area contributed by atoms with E-state index in [0.29, 0.717) is 6.04 Å². The molecule has 1 aromatic rings. The smallest absolute Gasteiger partial charge is 0.0175 e. The number of halogens is 1. The summed E-state index contributed by atoms with van der Waals surface area (Å²) in [7, 11) is 2.17. The third kappa shape index (κ3) is 3.81. The van der Waals surface area contributed by atoms with Gasteiger partial charge in [-0.2, -0.15) is 0 Å². The van der Waals surface area contributed by atoms with Crippen molar-refractivity contribution in [3.63, 3.8) is 0 Å². The Balaban J connectivity index is 2.42. The van der Waals surface area contributed by atoms with Crippen molar-refractivity contribution in [2.75, 3.05) is 13.6 Å². The zero-order valence-electron chi connectivity index (χ0n) is 9.13. The molecule has 0 aromatic heterocycles. The van der Waals surface area contributed by atoms with E-state index in [2.05, 4.69) is 66.0 Å². The van der Waals surface area contributed by atoms with Gasteiger partial charge in [-0.05, 0) is 45.0 Å². The van der Waals surface area contributed by atoms with Crippen molar-refractivity contribution in [2.24, 2.45) is 0 Å². The van der Waals surface area contributed by atoms with Gasteiger partial charge in [0.15, 0.2) is 0 Å². The lowest BCUT2D eigenvalue weighted by Gasteiger charge is -2.20. The summed E-state index contributed by atoms with van der Waals surface area (Å²) in [6.45, 7) is 5.57. The molecule has 0 aliphatic rings. The van der Waals surface area contributed by atoms with Crippen LogP contribution in [0.4, 0.5) is 0 Å². The minimum Gasteiger partial charge on any atom is -0.304 e. The Morgan fingerprint density at radius 3 is 2.29 bits per heavy atom. The van der Waals surface area contributed by atoms with E-state index in [1.165, 1.54) is 5.56 Å². The first-order valence-electron chi connectivity index (χ1n) is 5.04. The second-order valence-electron chi connectivity index (χ2n) is 3.95. The highest BCUT2D eigenvalue weighted by molar-refractivity contribution is 9.10. The number of likely N-dealkylation sites (N-methyl/N-ethyl adjacent to an activating group) is 1. The molecule has 78 valence electrons. The van der Waals surface area contributed by atoms with Crippen LogP contribution < -0.4 is 0 Å². The van der Waals surface area contributed by atoms with Crippen molar-refractivity contribution in [1.29, 1.82) is 0 Å². The van der Waals surface area contributed by atoms with Gasteiger partial charge in [-0.1, -0.05) is 28.1 Å². The molecular formula is C12H18BrN. The predicted octanol–water partition coefficient (Wildman–Crippen LogP) is 3.33. The van der Waals surface area contributed by atoms with Gasteiger partial charge in [0.25, 0.3) is 0 Å². The molecule has 0 spiro atoms. The predicted molar refractivity (Wildman–Crippen MR) is 65.6 cm³/mol. The Hall–Kier alpha value is -0.340. The molecule has 0 atom stereocenters. The van der Waals surface area contributed by atoms with Crippen LogP contribution >= 0.6 is 15.9 Å². The van der Waals surface area contributed by atoms with Gasteiger partial charge in [-0.25, -0.2) is 0 Å². The fourth-order valence-corrected chi connectivity index (χ4v) is 1.48. The van der Waals surface area contributed by atoms with E-state index in [-0.39, 0.29) is 0 Å². The van der Waals surface area contributed by atoms with Crippen LogP contribution in [0.5, 0.6) is 0 Å². The first-order valence-corrected chi connectivity index (χ1v) is 5.83. The molecule has 0 aliphatic carbocycles. The molecule has 0 N–H and O–H groups in total. The molecule has 0 aliphatic heterocycles. The fraction of sp³-hybridized carbons (Fsp3) is 0.500. The molecule has 2 heteroatoms. The quantitative estimate of drug-likeness (QED) is 0.798. The van der Waals surface area contributed by atoms with Gasteiger partial charge in [0.1, 0.15) is 0 Å². The second kappa shape index (κ2) is 5.52. The lowest BCUT2D eigenvalue weighted by molar-refractivity contribution is 0.277. The summed E-state index contributed by atoms with van der Waals surface area (Å²) in [5.74, 6) is 0. The number of nitrogens with zero attached hydrogens (tertiary/aromatic N) is 1. The highest BCUT2D eigenvalue weighted by atomic mass is 79.9. The minimum atomic E-state index is 0.630. The molecule has 0 fully saturated rings. The van der Waals surface area contributed by atoms with Crippen molar-refractivity contribution in [2.45, 2.75) is 26.3 Å². The molecule has 0 heterocycles. The normalized spacial score (nSPS) is 11.3. The van der Waals surface area contributed by atoms with Crippen LogP contribution in [0.3, 0.4) is 0 Å². The van der Waals surface area contributed by atoms with E-state index >= 15 is 0 Å². The number of rotatable bonds is 4. The summed E-state index contributed by atoms with van der Waals surface area (Å²) in [5.41, 5.74) is 1.40. The summed E-state index contributed by atoms with van der Waals surface area (Å²) in [4.78, 5) is 2.36. The van der Waals surface area contributed by atoms with E-state index < -0.39 is 0 Å². The van der Waals surface area contributed by atoms with Crippen molar-refractivity contribution in [1.82, 2.24) is 4.90 Å². The highest BCUT2D eigenvalue weighted by Gasteiger charge is 2.02. The Morgan fingerprint density at radius 2 is 1.79 bits per heavy atom. The van der Waals surface area contributed by atoms with Gasteiger partial charge in [0, 0.05) is 17.1 Å². The summed E-state index contributed by atoms with van der Waals surface area (Å²) in [6, 6.07) is 9.19. The molecule has 1 rings (SSSR count). The highest BCUT2D eigenvalue weighted by Crippen LogP contribution is 2.11. The average Bonchev–Trinajstić information content (AvgIpc) is 2.16. The SMILES string of the molecule is CC(C)N(C)CCc1ccc(Br)cc1. The van der Waals surface area contributed by atoms with E-state index in [4.69, 9.17) is 0 Å². The standard InChI is InChI=1S/C12H18BrN/c1-10(2)14(3)9-8-11-4-6-12(13)7-5-11/h4-7,10H,8-9H2,1-3H3. The lowest BCUT2D eigenvalue weighted by atomic mass is 10.1. The van der Waals surface area contributed by atoms with Crippen LogP contribution in [0.1, 0.15) is 19.4 Å². The molecule has 0 unspecified atom stereocenters. The van der Waals surface area contributed by atoms with Gasteiger partial charge in [0.2, 0.25) is 0 Å². The topological polar surface area (TPSA) is 3.24 Å². The van der Waals surface area contributed by atoms with Gasteiger partial charge in [-0.3, -0.25) is 0 Å². The molecule has 1 nitrogen and oxygen atoms in total. The third-order valence-electron chi connectivity index (χ3n) is 2.55. The first-order chi connectivity index (χ1) is 6.59. The zero-order chi connectivity index (χ0) is 10.6. The van der Waals surface area contributed by atoms with Crippen molar-refractivity contribution in [3.05, 3.63) is 34.3 Å². The Bertz CT molecular complexity index is 266. The van der Waals surface area contributed by atoms with E-state index in [1.807, 2.05) is 0 Å². The molecule has 14 heavy (non-hydrogen) atoms. The van der Waals surface area contributed by atoms with Gasteiger partial charge in [-0.15, -0.1) is 0 Å². The van der Waals surface area contributed by atoms with Crippen LogP contribution in [0.2, 0.25) is 0 Å². The minimum absolute atomic E-state index is 0.630. The van der Waals surface area contributed by atoms with Gasteiger partial charge < -0.3 is 4.90 Å². The molecule has 1 aromatic carbocycles. The van der Waals surface area contributed by atoms with Gasteiger partial charge in [0.05, 0.1) is 0 Å². The monoisotopic (exact) mass is 255 g/mol. The Labute approximate surface area is 95.2 Å². The maximum Gasteiger partial charge on any atom is 0.0175 e. The molecule has 0 amide bonds. The second-order valence-corrected chi connectivity index (χ2v) is 4.87. The van der Waals surface area contributed by atoms with Crippen LogP contribution in [-0.2, 0) is 6.42 Å². The molecule has 0 radical (unpaired) electrons. The summed E-state index contributed by atoms with van der Waals surface area (Å²) in [6.07, 6.45) is 1.13. The fourth-order valence-electron chi connectivity index (χ4n) is 1.21. The number of hydrogen-bond acceptors (Lipinski definition) is 1. The number of hydrogen-bond donors (Lipinski definition) is 0. The maximum absolute atomic E-state index is 3.44. The van der Waals surface area contributed by atoms with Crippen molar-refractivity contribution in [3.8, 4) is 0 Å². The average molecular weight is 256 g/mol. The van der Waals surface area contributed by atoms with Crippen molar-refractivity contribution >= 4 is 15.9 Å². The summed E-state index contributed by atoms with van der Waals surface area (Å²) in [5, 5.41) is 0. The zero-order valence-corrected chi connectivity index (χ0v) is 10.7. The van der Waals surface area contributed by atoms with Crippen LogP contribution in [-0.4, -0.2) is 24.5 Å². The Kier molecular flexibility index (Phi) is 4.63. The van der Waals surface area contributed by atoms with Crippen molar-refractivity contribution < 1.29 is 0 Å². The van der Waals surface area contributed by atoms with Crippen LogP contribution in [0.25, 0.3) is 0 Å². The van der Waals surface area contributed by atoms with E-state index in [1.54, 1.807) is 0 Å². The maximum atomic E-state index is 3.44.